The Kier molecular flexibility index (Phi) is 3.86. The van der Waals surface area contributed by atoms with Gasteiger partial charge in [0.1, 0.15) is 15.2 Å². The molecule has 5 nitrogen and oxygen atoms in total. The molecule has 2 heterocycles. The van der Waals surface area contributed by atoms with Crippen LogP contribution < -0.4 is 4.72 Å². The van der Waals surface area contributed by atoms with E-state index < -0.39 is 10.0 Å². The smallest absolute Gasteiger partial charge is 0.254 e. The van der Waals surface area contributed by atoms with Gasteiger partial charge < -0.3 is 0 Å². The second kappa shape index (κ2) is 5.16. The standard InChI is InChI=1S/C12H13N3O2S3/c1-12(2,3)9-7-18-11(14-9)15-20(16,17)10-5-4-8(6-13)19-10/h4-5,7H,1-3H3,(H,14,15). The molecule has 2 rings (SSSR count). The number of aromatic nitrogens is 1. The summed E-state index contributed by atoms with van der Waals surface area (Å²) in [6.45, 7) is 6.04. The van der Waals surface area contributed by atoms with Gasteiger partial charge in [-0.3, -0.25) is 4.72 Å². The van der Waals surface area contributed by atoms with E-state index >= 15 is 0 Å². The van der Waals surface area contributed by atoms with E-state index in [1.165, 1.54) is 23.5 Å². The van der Waals surface area contributed by atoms with Crippen molar-refractivity contribution in [2.75, 3.05) is 4.72 Å². The molecule has 0 bridgehead atoms. The van der Waals surface area contributed by atoms with Gasteiger partial charge in [0, 0.05) is 10.8 Å². The highest BCUT2D eigenvalue weighted by Gasteiger charge is 2.21. The van der Waals surface area contributed by atoms with Crippen LogP contribution in [0.1, 0.15) is 31.3 Å². The molecule has 0 radical (unpaired) electrons. The summed E-state index contributed by atoms with van der Waals surface area (Å²) in [6.07, 6.45) is 0. The number of sulfonamides is 1. The van der Waals surface area contributed by atoms with E-state index in [1.807, 2.05) is 32.2 Å². The largest absolute Gasteiger partial charge is 0.273 e. The summed E-state index contributed by atoms with van der Waals surface area (Å²) >= 11 is 2.19. The highest BCUT2D eigenvalue weighted by atomic mass is 32.2. The van der Waals surface area contributed by atoms with Crippen LogP contribution in [0.15, 0.2) is 21.7 Å². The van der Waals surface area contributed by atoms with Gasteiger partial charge in [-0.2, -0.15) is 5.26 Å². The summed E-state index contributed by atoms with van der Waals surface area (Å²) in [5.74, 6) is 0. The first-order chi connectivity index (χ1) is 9.22. The van der Waals surface area contributed by atoms with Gasteiger partial charge in [-0.15, -0.1) is 22.7 Å². The van der Waals surface area contributed by atoms with Crippen molar-refractivity contribution in [2.24, 2.45) is 0 Å². The van der Waals surface area contributed by atoms with Crippen LogP contribution in [0.4, 0.5) is 5.13 Å². The minimum absolute atomic E-state index is 0.113. The van der Waals surface area contributed by atoms with Crippen LogP contribution in [-0.4, -0.2) is 13.4 Å². The molecule has 2 aromatic heterocycles. The number of rotatable bonds is 3. The van der Waals surface area contributed by atoms with Crippen LogP contribution in [0.3, 0.4) is 0 Å². The first-order valence-corrected chi connectivity index (χ1v) is 8.89. The molecule has 0 aromatic carbocycles. The van der Waals surface area contributed by atoms with Crippen molar-refractivity contribution >= 4 is 37.8 Å². The van der Waals surface area contributed by atoms with Gasteiger partial charge in [0.2, 0.25) is 0 Å². The minimum atomic E-state index is -3.67. The van der Waals surface area contributed by atoms with Gasteiger partial charge >= 0.3 is 0 Å². The van der Waals surface area contributed by atoms with E-state index in [1.54, 1.807) is 0 Å². The fourth-order valence-electron chi connectivity index (χ4n) is 1.35. The number of hydrogen-bond donors (Lipinski definition) is 1. The number of thiazole rings is 1. The molecule has 0 aliphatic carbocycles. The maximum absolute atomic E-state index is 12.1. The SMILES string of the molecule is CC(C)(C)c1csc(NS(=O)(=O)c2ccc(C#N)s2)n1. The van der Waals surface area contributed by atoms with E-state index in [-0.39, 0.29) is 9.62 Å². The predicted octanol–water partition coefficient (Wildman–Crippen LogP) is 3.17. The molecule has 0 atom stereocenters. The van der Waals surface area contributed by atoms with Crippen molar-refractivity contribution in [3.63, 3.8) is 0 Å². The monoisotopic (exact) mass is 327 g/mol. The molecular weight excluding hydrogens is 314 g/mol. The second-order valence-corrected chi connectivity index (χ2v) is 8.98. The van der Waals surface area contributed by atoms with Gasteiger partial charge in [0.05, 0.1) is 5.69 Å². The van der Waals surface area contributed by atoms with Crippen molar-refractivity contribution < 1.29 is 8.42 Å². The highest BCUT2D eigenvalue weighted by Crippen LogP contribution is 2.29. The third kappa shape index (κ3) is 3.17. The molecule has 20 heavy (non-hydrogen) atoms. The van der Waals surface area contributed by atoms with E-state index in [0.29, 0.717) is 10.0 Å². The van der Waals surface area contributed by atoms with Crippen LogP contribution in [0, 0.1) is 11.3 Å². The Labute approximate surface area is 126 Å². The Bertz CT molecular complexity index is 760. The second-order valence-electron chi connectivity index (χ2n) is 5.12. The third-order valence-corrected chi connectivity index (χ3v) is 6.16. The zero-order valence-corrected chi connectivity index (χ0v) is 13.6. The molecule has 0 unspecified atom stereocenters. The summed E-state index contributed by atoms with van der Waals surface area (Å²) < 4.78 is 26.9. The predicted molar refractivity (Wildman–Crippen MR) is 80.7 cm³/mol. The summed E-state index contributed by atoms with van der Waals surface area (Å²) in [7, 11) is -3.67. The zero-order chi connectivity index (χ0) is 15.0. The topological polar surface area (TPSA) is 82.9 Å². The lowest BCUT2D eigenvalue weighted by Gasteiger charge is -2.14. The Morgan fingerprint density at radius 1 is 1.35 bits per heavy atom. The maximum Gasteiger partial charge on any atom is 0.273 e. The first-order valence-electron chi connectivity index (χ1n) is 5.71. The van der Waals surface area contributed by atoms with Gasteiger partial charge in [-0.25, -0.2) is 13.4 Å². The maximum atomic E-state index is 12.1. The average Bonchev–Trinajstić information content (AvgIpc) is 2.95. The van der Waals surface area contributed by atoms with Crippen LogP contribution in [0.5, 0.6) is 0 Å². The van der Waals surface area contributed by atoms with Gasteiger partial charge in [0.15, 0.2) is 5.13 Å². The van der Waals surface area contributed by atoms with Crippen LogP contribution >= 0.6 is 22.7 Å². The highest BCUT2D eigenvalue weighted by molar-refractivity contribution is 7.94. The number of thiophene rings is 1. The molecular formula is C12H13N3O2S3. The molecule has 0 amide bonds. The number of hydrogen-bond acceptors (Lipinski definition) is 6. The van der Waals surface area contributed by atoms with Crippen molar-refractivity contribution in [1.82, 2.24) is 4.98 Å². The van der Waals surface area contributed by atoms with Crippen molar-refractivity contribution in [3.05, 3.63) is 28.1 Å². The van der Waals surface area contributed by atoms with Crippen LogP contribution in [0.2, 0.25) is 0 Å². The summed E-state index contributed by atoms with van der Waals surface area (Å²) in [6, 6.07) is 4.83. The molecule has 106 valence electrons. The Morgan fingerprint density at radius 3 is 2.55 bits per heavy atom. The summed E-state index contributed by atoms with van der Waals surface area (Å²) in [5.41, 5.74) is 0.709. The minimum Gasteiger partial charge on any atom is -0.254 e. The summed E-state index contributed by atoms with van der Waals surface area (Å²) in [4.78, 5) is 4.65. The van der Waals surface area contributed by atoms with Crippen molar-refractivity contribution in [3.8, 4) is 6.07 Å². The number of nitrogens with one attached hydrogen (secondary N) is 1. The van der Waals surface area contributed by atoms with E-state index in [0.717, 1.165) is 17.0 Å². The van der Waals surface area contributed by atoms with Crippen molar-refractivity contribution in [2.45, 2.75) is 30.4 Å². The van der Waals surface area contributed by atoms with Gasteiger partial charge in [-0.05, 0) is 12.1 Å². The zero-order valence-electron chi connectivity index (χ0n) is 11.2. The number of nitriles is 1. The fourth-order valence-corrected chi connectivity index (χ4v) is 4.65. The van der Waals surface area contributed by atoms with E-state index in [4.69, 9.17) is 5.26 Å². The Hall–Kier alpha value is -1.43. The van der Waals surface area contributed by atoms with Crippen LogP contribution in [-0.2, 0) is 15.4 Å². The molecule has 0 saturated carbocycles. The lowest BCUT2D eigenvalue weighted by atomic mass is 9.93. The molecule has 8 heteroatoms. The molecule has 0 spiro atoms. The quantitative estimate of drug-likeness (QED) is 0.938. The summed E-state index contributed by atoms with van der Waals surface area (Å²) in [5, 5.41) is 10.9. The third-order valence-electron chi connectivity index (χ3n) is 2.45. The van der Waals surface area contributed by atoms with E-state index in [2.05, 4.69) is 9.71 Å². The Balaban J connectivity index is 2.25. The van der Waals surface area contributed by atoms with Gasteiger partial charge in [0.25, 0.3) is 10.0 Å². The van der Waals surface area contributed by atoms with Crippen molar-refractivity contribution in [1.29, 1.82) is 5.26 Å². The molecule has 1 N–H and O–H groups in total. The van der Waals surface area contributed by atoms with Crippen LogP contribution in [0.25, 0.3) is 0 Å². The fraction of sp³-hybridized carbons (Fsp3) is 0.333. The Morgan fingerprint density at radius 2 is 2.05 bits per heavy atom. The lowest BCUT2D eigenvalue weighted by Crippen LogP contribution is -2.14. The number of anilines is 1. The lowest BCUT2D eigenvalue weighted by molar-refractivity contribution is 0.573. The molecule has 0 aliphatic rings. The molecule has 0 fully saturated rings. The first kappa shape index (κ1) is 15.0. The normalized spacial score (nSPS) is 12.1. The molecule has 0 aliphatic heterocycles. The molecule has 0 saturated heterocycles. The average molecular weight is 327 g/mol. The molecule has 2 aromatic rings. The number of nitrogens with zero attached hydrogens (tertiary/aromatic N) is 2. The van der Waals surface area contributed by atoms with Gasteiger partial charge in [-0.1, -0.05) is 20.8 Å². The van der Waals surface area contributed by atoms with E-state index in [9.17, 15) is 8.42 Å².